The first kappa shape index (κ1) is 12.9. The van der Waals surface area contributed by atoms with Crippen molar-refractivity contribution in [1.82, 2.24) is 15.1 Å². The highest BCUT2D eigenvalue weighted by Crippen LogP contribution is 2.20. The number of nitrogens with zero attached hydrogens (tertiary/aromatic N) is 2. The number of hydrogen-bond donors (Lipinski definition) is 1. The Morgan fingerprint density at radius 1 is 1.41 bits per heavy atom. The molecule has 98 valence electrons. The van der Waals surface area contributed by atoms with Crippen LogP contribution in [0.4, 0.5) is 0 Å². The summed E-state index contributed by atoms with van der Waals surface area (Å²) in [7, 11) is 6.47. The van der Waals surface area contributed by atoms with Gasteiger partial charge in [-0.25, -0.2) is 0 Å². The van der Waals surface area contributed by atoms with E-state index in [0.717, 1.165) is 25.3 Å². The van der Waals surface area contributed by atoms with Crippen LogP contribution in [0.15, 0.2) is 11.8 Å². The summed E-state index contributed by atoms with van der Waals surface area (Å²) >= 11 is 0. The zero-order chi connectivity index (χ0) is 12.3. The lowest BCUT2D eigenvalue weighted by molar-refractivity contribution is 0.145. The van der Waals surface area contributed by atoms with Gasteiger partial charge in [0.25, 0.3) is 0 Å². The molecule has 2 unspecified atom stereocenters. The quantitative estimate of drug-likeness (QED) is 0.777. The van der Waals surface area contributed by atoms with Gasteiger partial charge in [0, 0.05) is 19.0 Å². The molecule has 2 rings (SSSR count). The average Bonchev–Trinajstić information content (AvgIpc) is 2.76. The molecule has 0 aromatic rings. The molecule has 4 nitrogen and oxygen atoms in total. The fourth-order valence-electron chi connectivity index (χ4n) is 2.84. The molecule has 2 atom stereocenters. The molecule has 0 aromatic carbocycles. The number of ether oxygens (including phenoxy) is 1. The summed E-state index contributed by atoms with van der Waals surface area (Å²) in [5, 5.41) is 3.43. The van der Waals surface area contributed by atoms with E-state index in [-0.39, 0.29) is 0 Å². The second-order valence-electron chi connectivity index (χ2n) is 5.17. The lowest BCUT2D eigenvalue weighted by Gasteiger charge is -2.34. The average molecular weight is 239 g/mol. The zero-order valence-corrected chi connectivity index (χ0v) is 11.3. The second-order valence-corrected chi connectivity index (χ2v) is 5.17. The summed E-state index contributed by atoms with van der Waals surface area (Å²) < 4.78 is 5.74. The molecule has 0 bridgehead atoms. The fourth-order valence-corrected chi connectivity index (χ4v) is 2.84. The Kier molecular flexibility index (Phi) is 4.42. The third kappa shape index (κ3) is 3.00. The first-order valence-electron chi connectivity index (χ1n) is 6.61. The minimum absolute atomic E-state index is 0.322. The van der Waals surface area contributed by atoms with Crippen LogP contribution in [0.3, 0.4) is 0 Å². The van der Waals surface area contributed by atoms with Crippen molar-refractivity contribution in [2.24, 2.45) is 0 Å². The van der Waals surface area contributed by atoms with E-state index in [1.807, 2.05) is 7.05 Å². The highest BCUT2D eigenvalue weighted by atomic mass is 16.5. The number of nitrogens with one attached hydrogen (secondary N) is 1. The largest absolute Gasteiger partial charge is 0.496 e. The molecule has 0 aromatic heterocycles. The Labute approximate surface area is 105 Å². The Morgan fingerprint density at radius 2 is 2.24 bits per heavy atom. The van der Waals surface area contributed by atoms with Gasteiger partial charge in [-0.2, -0.15) is 0 Å². The minimum atomic E-state index is 0.322. The summed E-state index contributed by atoms with van der Waals surface area (Å²) in [5.74, 6) is 1.14. The molecule has 1 fully saturated rings. The van der Waals surface area contributed by atoms with Crippen LogP contribution in [0.5, 0.6) is 0 Å². The van der Waals surface area contributed by atoms with Crippen molar-refractivity contribution in [1.29, 1.82) is 0 Å². The van der Waals surface area contributed by atoms with Gasteiger partial charge < -0.3 is 19.9 Å². The molecule has 2 heterocycles. The van der Waals surface area contributed by atoms with Crippen LogP contribution in [0.1, 0.15) is 12.8 Å². The van der Waals surface area contributed by atoms with Crippen LogP contribution < -0.4 is 5.32 Å². The van der Waals surface area contributed by atoms with E-state index in [9.17, 15) is 0 Å². The molecule has 0 aliphatic carbocycles. The molecule has 2 aliphatic heterocycles. The summed E-state index contributed by atoms with van der Waals surface area (Å²) in [4.78, 5) is 4.89. The lowest BCUT2D eigenvalue weighted by atomic mass is 10.0. The third-order valence-corrected chi connectivity index (χ3v) is 3.85. The smallest absolute Gasteiger partial charge is 0.111 e. The van der Waals surface area contributed by atoms with Crippen LogP contribution >= 0.6 is 0 Å². The van der Waals surface area contributed by atoms with Gasteiger partial charge in [0.05, 0.1) is 12.6 Å². The van der Waals surface area contributed by atoms with E-state index < -0.39 is 0 Å². The molecule has 0 amide bonds. The molecule has 4 heteroatoms. The molecule has 2 aliphatic rings. The topological polar surface area (TPSA) is 27.7 Å². The van der Waals surface area contributed by atoms with E-state index in [2.05, 4.69) is 35.3 Å². The van der Waals surface area contributed by atoms with Crippen LogP contribution in [0.25, 0.3) is 0 Å². The van der Waals surface area contributed by atoms with E-state index in [4.69, 9.17) is 4.74 Å². The van der Waals surface area contributed by atoms with Gasteiger partial charge >= 0.3 is 0 Å². The summed E-state index contributed by atoms with van der Waals surface area (Å²) in [6.45, 7) is 4.31. The molecule has 17 heavy (non-hydrogen) atoms. The van der Waals surface area contributed by atoms with Crippen LogP contribution in [-0.4, -0.2) is 69.3 Å². The van der Waals surface area contributed by atoms with Crippen molar-refractivity contribution in [3.05, 3.63) is 11.8 Å². The maximum absolute atomic E-state index is 5.74. The summed E-state index contributed by atoms with van der Waals surface area (Å²) in [5.41, 5.74) is 0. The van der Waals surface area contributed by atoms with Gasteiger partial charge in [0.2, 0.25) is 0 Å². The monoisotopic (exact) mass is 239 g/mol. The minimum Gasteiger partial charge on any atom is -0.496 e. The van der Waals surface area contributed by atoms with Crippen LogP contribution in [0.2, 0.25) is 0 Å². The summed E-state index contributed by atoms with van der Waals surface area (Å²) in [6, 6.07) is 0.819. The standard InChI is InChI=1S/C13H25N3O/c1-14-13(12-6-4-9-17-12)11-10-15(2)7-5-8-16(11)3/h6,11,13-14H,4-5,7-10H2,1-3H3. The van der Waals surface area contributed by atoms with E-state index in [1.54, 1.807) is 0 Å². The normalized spacial score (nSPS) is 29.6. The summed E-state index contributed by atoms with van der Waals surface area (Å²) in [6.07, 6.45) is 4.54. The Balaban J connectivity index is 2.09. The SMILES string of the molecule is CNC(C1=CCCO1)C1CN(C)CCCN1C. The molecule has 0 spiro atoms. The van der Waals surface area contributed by atoms with Crippen molar-refractivity contribution in [3.8, 4) is 0 Å². The van der Waals surface area contributed by atoms with Gasteiger partial charge in [-0.3, -0.25) is 0 Å². The van der Waals surface area contributed by atoms with Crippen molar-refractivity contribution >= 4 is 0 Å². The van der Waals surface area contributed by atoms with Gasteiger partial charge in [0.15, 0.2) is 0 Å². The number of likely N-dealkylation sites (N-methyl/N-ethyl adjacent to an activating group) is 3. The highest BCUT2D eigenvalue weighted by Gasteiger charge is 2.31. The molecule has 1 saturated heterocycles. The Hall–Kier alpha value is -0.580. The first-order chi connectivity index (χ1) is 8.22. The van der Waals surface area contributed by atoms with E-state index in [0.29, 0.717) is 12.1 Å². The third-order valence-electron chi connectivity index (χ3n) is 3.85. The zero-order valence-electron chi connectivity index (χ0n) is 11.3. The first-order valence-corrected chi connectivity index (χ1v) is 6.61. The van der Waals surface area contributed by atoms with Crippen molar-refractivity contribution in [2.75, 3.05) is 47.4 Å². The number of hydrogen-bond acceptors (Lipinski definition) is 4. The molecular formula is C13H25N3O. The number of rotatable bonds is 3. The molecular weight excluding hydrogens is 214 g/mol. The molecule has 0 saturated carbocycles. The Morgan fingerprint density at radius 3 is 2.88 bits per heavy atom. The molecule has 0 radical (unpaired) electrons. The maximum atomic E-state index is 5.74. The second kappa shape index (κ2) is 5.85. The Bertz CT molecular complexity index is 280. The van der Waals surface area contributed by atoms with Gasteiger partial charge in [-0.1, -0.05) is 0 Å². The van der Waals surface area contributed by atoms with Crippen LogP contribution in [0, 0.1) is 0 Å². The lowest BCUT2D eigenvalue weighted by Crippen LogP contribution is -2.52. The fraction of sp³-hybridized carbons (Fsp3) is 0.846. The van der Waals surface area contributed by atoms with E-state index in [1.165, 1.54) is 19.5 Å². The van der Waals surface area contributed by atoms with Crippen molar-refractivity contribution < 1.29 is 4.74 Å². The molecule has 1 N–H and O–H groups in total. The van der Waals surface area contributed by atoms with Crippen molar-refractivity contribution in [3.63, 3.8) is 0 Å². The predicted molar refractivity (Wildman–Crippen MR) is 70.0 cm³/mol. The van der Waals surface area contributed by atoms with Gasteiger partial charge in [-0.15, -0.1) is 0 Å². The van der Waals surface area contributed by atoms with Gasteiger partial charge in [0.1, 0.15) is 5.76 Å². The van der Waals surface area contributed by atoms with E-state index >= 15 is 0 Å². The van der Waals surface area contributed by atoms with Gasteiger partial charge in [-0.05, 0) is 46.7 Å². The van der Waals surface area contributed by atoms with Crippen LogP contribution in [-0.2, 0) is 4.74 Å². The maximum Gasteiger partial charge on any atom is 0.111 e. The van der Waals surface area contributed by atoms with Crippen molar-refractivity contribution in [2.45, 2.75) is 24.9 Å². The highest BCUT2D eigenvalue weighted by molar-refractivity contribution is 5.11. The predicted octanol–water partition coefficient (Wildman–Crippen LogP) is 0.515.